The van der Waals surface area contributed by atoms with E-state index in [1.807, 2.05) is 38.1 Å². The van der Waals surface area contributed by atoms with Crippen molar-refractivity contribution >= 4 is 29.3 Å². The molecule has 154 valence electrons. The summed E-state index contributed by atoms with van der Waals surface area (Å²) < 4.78 is 2.48. The third-order valence-corrected chi connectivity index (χ3v) is 6.88. The van der Waals surface area contributed by atoms with Gasteiger partial charge in [0.15, 0.2) is 5.78 Å². The van der Waals surface area contributed by atoms with Crippen LogP contribution in [-0.4, -0.2) is 23.2 Å². The summed E-state index contributed by atoms with van der Waals surface area (Å²) in [6.45, 7) is 6.00. The first-order chi connectivity index (χ1) is 14.1. The lowest BCUT2D eigenvalue weighted by molar-refractivity contribution is -0.115. The number of rotatable bonds is 4. The second-order valence-electron chi connectivity index (χ2n) is 7.59. The monoisotopic (exact) mass is 427 g/mol. The Kier molecular flexibility index (Phi) is 7.99. The maximum atomic E-state index is 12.1. The highest BCUT2D eigenvalue weighted by atomic mass is 35.5. The quantitative estimate of drug-likeness (QED) is 0.490. The van der Waals surface area contributed by atoms with Gasteiger partial charge in [-0.1, -0.05) is 67.4 Å². The van der Waals surface area contributed by atoms with Crippen molar-refractivity contribution in [1.29, 1.82) is 0 Å². The summed E-state index contributed by atoms with van der Waals surface area (Å²) in [7, 11) is 0. The van der Waals surface area contributed by atoms with E-state index in [0.29, 0.717) is 12.2 Å². The maximum absolute atomic E-state index is 12.1. The Hall–Kier alpha value is -1.55. The summed E-state index contributed by atoms with van der Waals surface area (Å²) in [5, 5.41) is 0.776. The van der Waals surface area contributed by atoms with E-state index in [2.05, 4.69) is 40.7 Å². The van der Waals surface area contributed by atoms with Crippen molar-refractivity contribution in [3.05, 3.63) is 76.8 Å². The molecule has 4 heteroatoms. The number of carbonyl (C=O) groups is 1. The topological polar surface area (TPSA) is 20.3 Å². The summed E-state index contributed by atoms with van der Waals surface area (Å²) in [6.07, 6.45) is 6.67. The highest BCUT2D eigenvalue weighted by Crippen LogP contribution is 2.46. The van der Waals surface area contributed by atoms with Crippen molar-refractivity contribution in [3.63, 3.8) is 0 Å². The maximum Gasteiger partial charge on any atom is 0.155 e. The van der Waals surface area contributed by atoms with E-state index in [9.17, 15) is 4.79 Å². The Morgan fingerprint density at radius 2 is 1.86 bits per heavy atom. The standard InChI is InChI=1S/C23H24ClNOS.C2H6/c24-20-9-4-10-22(15-20)27-25-13-5-8-19-14-21(26)11-12-23(19,17-25)16-18-6-2-1-3-7-18;1-2/h1-4,6-7,9-10,14-15H,5,8,11-13,16-17H2;1-2H3. The van der Waals surface area contributed by atoms with Crippen molar-refractivity contribution in [2.24, 2.45) is 5.41 Å². The highest BCUT2D eigenvalue weighted by molar-refractivity contribution is 7.97. The van der Waals surface area contributed by atoms with E-state index in [-0.39, 0.29) is 5.41 Å². The van der Waals surface area contributed by atoms with Gasteiger partial charge in [0.25, 0.3) is 0 Å². The van der Waals surface area contributed by atoms with Crippen LogP contribution in [-0.2, 0) is 11.2 Å². The normalized spacial score (nSPS) is 22.0. The fourth-order valence-electron chi connectivity index (χ4n) is 4.32. The van der Waals surface area contributed by atoms with Crippen LogP contribution >= 0.6 is 23.5 Å². The molecule has 2 aromatic rings. The molecule has 0 aromatic heterocycles. The van der Waals surface area contributed by atoms with Crippen LogP contribution in [0, 0.1) is 5.41 Å². The number of allylic oxidation sites excluding steroid dienone is 1. The molecular weight excluding hydrogens is 398 g/mol. The van der Waals surface area contributed by atoms with E-state index in [1.54, 1.807) is 11.9 Å². The Bertz CT molecular complexity index is 851. The van der Waals surface area contributed by atoms with Crippen molar-refractivity contribution in [1.82, 2.24) is 4.31 Å². The molecule has 1 fully saturated rings. The number of hydrogen-bond acceptors (Lipinski definition) is 3. The van der Waals surface area contributed by atoms with Gasteiger partial charge in [-0.15, -0.1) is 0 Å². The smallest absolute Gasteiger partial charge is 0.155 e. The van der Waals surface area contributed by atoms with Gasteiger partial charge >= 0.3 is 0 Å². The van der Waals surface area contributed by atoms with E-state index in [0.717, 1.165) is 43.8 Å². The zero-order valence-corrected chi connectivity index (χ0v) is 18.9. The van der Waals surface area contributed by atoms with Crippen LogP contribution in [0.5, 0.6) is 0 Å². The second-order valence-corrected chi connectivity index (χ2v) is 9.20. The lowest BCUT2D eigenvalue weighted by Gasteiger charge is -2.40. The summed E-state index contributed by atoms with van der Waals surface area (Å²) >= 11 is 7.97. The van der Waals surface area contributed by atoms with Crippen molar-refractivity contribution in [3.8, 4) is 0 Å². The Balaban J connectivity index is 0.00000117. The fraction of sp³-hybridized carbons (Fsp3) is 0.400. The molecule has 1 aliphatic heterocycles. The molecule has 0 saturated carbocycles. The van der Waals surface area contributed by atoms with Gasteiger partial charge in [-0.25, -0.2) is 4.31 Å². The summed E-state index contributed by atoms with van der Waals surface area (Å²) in [6, 6.07) is 18.8. The summed E-state index contributed by atoms with van der Waals surface area (Å²) in [5.41, 5.74) is 2.77. The lowest BCUT2D eigenvalue weighted by atomic mass is 9.67. The van der Waals surface area contributed by atoms with Gasteiger partial charge in [0.1, 0.15) is 0 Å². The van der Waals surface area contributed by atoms with Gasteiger partial charge < -0.3 is 0 Å². The minimum atomic E-state index is 0.0529. The Labute approximate surface area is 184 Å². The van der Waals surface area contributed by atoms with Gasteiger partial charge in [0.05, 0.1) is 0 Å². The summed E-state index contributed by atoms with van der Waals surface area (Å²) in [5.74, 6) is 0.296. The molecule has 2 aliphatic rings. The zero-order chi connectivity index (χ0) is 20.7. The average molecular weight is 428 g/mol. The fourth-order valence-corrected chi connectivity index (χ4v) is 5.72. The molecule has 1 atom stereocenters. The molecule has 0 spiro atoms. The van der Waals surface area contributed by atoms with Crippen LogP contribution in [0.25, 0.3) is 0 Å². The van der Waals surface area contributed by atoms with Gasteiger partial charge in [-0.05, 0) is 67.5 Å². The molecule has 0 bridgehead atoms. The largest absolute Gasteiger partial charge is 0.295 e. The molecule has 1 saturated heterocycles. The minimum Gasteiger partial charge on any atom is -0.295 e. The average Bonchev–Trinajstić information content (AvgIpc) is 2.89. The number of nitrogens with zero attached hydrogens (tertiary/aromatic N) is 1. The van der Waals surface area contributed by atoms with E-state index < -0.39 is 0 Å². The molecule has 4 rings (SSSR count). The molecule has 1 heterocycles. The van der Waals surface area contributed by atoms with E-state index in [4.69, 9.17) is 11.6 Å². The highest BCUT2D eigenvalue weighted by Gasteiger charge is 2.40. The second kappa shape index (κ2) is 10.5. The molecule has 1 aliphatic carbocycles. The number of fused-ring (bicyclic) bond motifs is 1. The number of carbonyl (C=O) groups excluding carboxylic acids is 1. The predicted octanol–water partition coefficient (Wildman–Crippen LogP) is 6.99. The molecule has 2 nitrogen and oxygen atoms in total. The van der Waals surface area contributed by atoms with Crippen LogP contribution in [0.1, 0.15) is 45.1 Å². The van der Waals surface area contributed by atoms with E-state index >= 15 is 0 Å². The first-order valence-electron chi connectivity index (χ1n) is 10.6. The van der Waals surface area contributed by atoms with Gasteiger partial charge in [-0.3, -0.25) is 4.79 Å². The number of benzene rings is 2. The third kappa shape index (κ3) is 5.75. The van der Waals surface area contributed by atoms with Crippen molar-refractivity contribution in [2.45, 2.75) is 50.8 Å². The van der Waals surface area contributed by atoms with Gasteiger partial charge in [0, 0.05) is 34.8 Å². The Morgan fingerprint density at radius 1 is 1.07 bits per heavy atom. The van der Waals surface area contributed by atoms with E-state index in [1.165, 1.54) is 16.0 Å². The first-order valence-corrected chi connectivity index (χ1v) is 11.7. The molecule has 29 heavy (non-hydrogen) atoms. The number of hydrogen-bond donors (Lipinski definition) is 0. The Morgan fingerprint density at radius 3 is 2.62 bits per heavy atom. The molecule has 0 N–H and O–H groups in total. The van der Waals surface area contributed by atoms with Crippen molar-refractivity contribution < 1.29 is 4.79 Å². The number of halogens is 1. The van der Waals surface area contributed by atoms with Crippen LogP contribution in [0.15, 0.2) is 71.1 Å². The third-order valence-electron chi connectivity index (χ3n) is 5.61. The van der Waals surface area contributed by atoms with Gasteiger partial charge in [-0.2, -0.15) is 0 Å². The first kappa shape index (κ1) is 22.1. The molecule has 0 radical (unpaired) electrons. The SMILES string of the molecule is CC.O=C1C=C2CCCN(Sc3cccc(Cl)c3)CC2(Cc2ccccc2)CC1. The molecular formula is C25H30ClNOS. The lowest BCUT2D eigenvalue weighted by Crippen LogP contribution is -2.38. The number of ketones is 1. The molecule has 0 amide bonds. The summed E-state index contributed by atoms with van der Waals surface area (Å²) in [4.78, 5) is 13.3. The predicted molar refractivity (Wildman–Crippen MR) is 124 cm³/mol. The molecule has 1 unspecified atom stereocenters. The van der Waals surface area contributed by atoms with Crippen LogP contribution < -0.4 is 0 Å². The van der Waals surface area contributed by atoms with Gasteiger partial charge in [0.2, 0.25) is 0 Å². The van der Waals surface area contributed by atoms with Crippen LogP contribution in [0.3, 0.4) is 0 Å². The zero-order valence-electron chi connectivity index (χ0n) is 17.4. The molecule has 2 aromatic carbocycles. The minimum absolute atomic E-state index is 0.0529. The van der Waals surface area contributed by atoms with Crippen LogP contribution in [0.2, 0.25) is 5.02 Å². The van der Waals surface area contributed by atoms with Crippen LogP contribution in [0.4, 0.5) is 0 Å². The van der Waals surface area contributed by atoms with Crippen molar-refractivity contribution in [2.75, 3.05) is 13.1 Å².